The molecule has 0 aliphatic carbocycles. The molecule has 114 valence electrons. The third-order valence-corrected chi connectivity index (χ3v) is 4.72. The van der Waals surface area contributed by atoms with Crippen LogP contribution in [0.3, 0.4) is 0 Å². The van der Waals surface area contributed by atoms with E-state index in [4.69, 9.17) is 0 Å². The number of carbonyl (C=O) groups is 1. The molecule has 2 heterocycles. The van der Waals surface area contributed by atoms with Crippen LogP contribution in [0.25, 0.3) is 0 Å². The van der Waals surface area contributed by atoms with Gasteiger partial charge in [-0.3, -0.25) is 4.79 Å². The summed E-state index contributed by atoms with van der Waals surface area (Å²) in [6, 6.07) is 6.47. The van der Waals surface area contributed by atoms with E-state index in [0.717, 1.165) is 26.2 Å². The molecule has 0 N–H and O–H groups in total. The average Bonchev–Trinajstić information content (AvgIpc) is 2.46. The molecular formula is C17H23FN2O. The molecule has 0 aromatic heterocycles. The van der Waals surface area contributed by atoms with E-state index in [1.165, 1.54) is 18.6 Å². The molecule has 2 fully saturated rings. The fourth-order valence-corrected chi connectivity index (χ4v) is 3.68. The third kappa shape index (κ3) is 3.10. The van der Waals surface area contributed by atoms with Crippen LogP contribution in [0.5, 0.6) is 0 Å². The number of piperidine rings is 2. The van der Waals surface area contributed by atoms with Gasteiger partial charge in [0, 0.05) is 37.8 Å². The number of hydrogen-bond donors (Lipinski definition) is 0. The molecule has 21 heavy (non-hydrogen) atoms. The second-order valence-corrected chi connectivity index (χ2v) is 6.73. The van der Waals surface area contributed by atoms with Gasteiger partial charge in [0.25, 0.3) is 5.91 Å². The van der Waals surface area contributed by atoms with Gasteiger partial charge < -0.3 is 9.80 Å². The molecule has 2 saturated heterocycles. The van der Waals surface area contributed by atoms with Gasteiger partial charge in [-0.15, -0.1) is 0 Å². The van der Waals surface area contributed by atoms with Crippen molar-refractivity contribution in [2.24, 2.45) is 11.8 Å². The van der Waals surface area contributed by atoms with E-state index in [1.54, 1.807) is 12.1 Å². The van der Waals surface area contributed by atoms with Gasteiger partial charge in [-0.2, -0.15) is 0 Å². The standard InChI is InChI=1S/C17H23FN2O/c1-12(2)19-8-13-7-14(9-19)11-20(10-13)17(21)15-3-5-16(18)6-4-15/h3-6,12-14H,7-11H2,1-2H3/t13-,14-/m1/s1. The number of likely N-dealkylation sites (tertiary alicyclic amines) is 2. The maximum absolute atomic E-state index is 13.0. The second kappa shape index (κ2) is 5.76. The Labute approximate surface area is 125 Å². The molecule has 0 spiro atoms. The van der Waals surface area contributed by atoms with Gasteiger partial charge in [-0.1, -0.05) is 0 Å². The zero-order valence-corrected chi connectivity index (χ0v) is 12.8. The molecule has 1 aromatic carbocycles. The van der Waals surface area contributed by atoms with Crippen molar-refractivity contribution in [3.8, 4) is 0 Å². The lowest BCUT2D eigenvalue weighted by Crippen LogP contribution is -2.55. The molecule has 2 atom stereocenters. The molecule has 0 unspecified atom stereocenters. The highest BCUT2D eigenvalue weighted by Crippen LogP contribution is 2.30. The minimum atomic E-state index is -0.297. The van der Waals surface area contributed by atoms with E-state index in [-0.39, 0.29) is 11.7 Å². The van der Waals surface area contributed by atoms with Gasteiger partial charge in [0.1, 0.15) is 5.82 Å². The number of nitrogens with zero attached hydrogens (tertiary/aromatic N) is 2. The summed E-state index contributed by atoms with van der Waals surface area (Å²) in [6.07, 6.45) is 1.23. The first-order valence-corrected chi connectivity index (χ1v) is 7.82. The summed E-state index contributed by atoms with van der Waals surface area (Å²) in [6.45, 7) is 8.31. The van der Waals surface area contributed by atoms with Crippen molar-refractivity contribution < 1.29 is 9.18 Å². The summed E-state index contributed by atoms with van der Waals surface area (Å²) >= 11 is 0. The second-order valence-electron chi connectivity index (χ2n) is 6.73. The minimum absolute atomic E-state index is 0.0442. The molecular weight excluding hydrogens is 267 g/mol. The van der Waals surface area contributed by atoms with Crippen LogP contribution in [-0.2, 0) is 0 Å². The summed E-state index contributed by atoms with van der Waals surface area (Å²) in [5.41, 5.74) is 0.595. The van der Waals surface area contributed by atoms with Crippen LogP contribution in [0.1, 0.15) is 30.6 Å². The predicted molar refractivity (Wildman–Crippen MR) is 80.6 cm³/mol. The van der Waals surface area contributed by atoms with Crippen molar-refractivity contribution in [2.45, 2.75) is 26.3 Å². The average molecular weight is 290 g/mol. The van der Waals surface area contributed by atoms with Crippen LogP contribution in [0.4, 0.5) is 4.39 Å². The Hall–Kier alpha value is -1.42. The summed E-state index contributed by atoms with van der Waals surface area (Å²) in [5.74, 6) is 0.894. The Morgan fingerprint density at radius 2 is 1.67 bits per heavy atom. The molecule has 3 rings (SSSR count). The van der Waals surface area contributed by atoms with Gasteiger partial charge in [-0.25, -0.2) is 4.39 Å². The summed E-state index contributed by atoms with van der Waals surface area (Å²) < 4.78 is 13.0. The highest BCUT2D eigenvalue weighted by molar-refractivity contribution is 5.94. The first kappa shape index (κ1) is 14.5. The Bertz CT molecular complexity index is 500. The van der Waals surface area contributed by atoms with Crippen LogP contribution < -0.4 is 0 Å². The molecule has 2 aliphatic heterocycles. The van der Waals surface area contributed by atoms with Gasteiger partial charge in [0.05, 0.1) is 0 Å². The molecule has 3 nitrogen and oxygen atoms in total. The quantitative estimate of drug-likeness (QED) is 0.836. The molecule has 4 heteroatoms. The Morgan fingerprint density at radius 1 is 1.10 bits per heavy atom. The first-order chi connectivity index (χ1) is 10.0. The van der Waals surface area contributed by atoms with E-state index in [0.29, 0.717) is 23.4 Å². The van der Waals surface area contributed by atoms with Gasteiger partial charge in [0.2, 0.25) is 0 Å². The van der Waals surface area contributed by atoms with Crippen LogP contribution in [0.15, 0.2) is 24.3 Å². The number of halogens is 1. The van der Waals surface area contributed by atoms with Crippen LogP contribution in [0.2, 0.25) is 0 Å². The highest BCUT2D eigenvalue weighted by atomic mass is 19.1. The largest absolute Gasteiger partial charge is 0.338 e. The molecule has 2 bridgehead atoms. The molecule has 2 aliphatic rings. The topological polar surface area (TPSA) is 23.6 Å². The van der Waals surface area contributed by atoms with E-state index >= 15 is 0 Å². The van der Waals surface area contributed by atoms with Crippen molar-refractivity contribution in [3.63, 3.8) is 0 Å². The molecule has 1 amide bonds. The first-order valence-electron chi connectivity index (χ1n) is 7.82. The van der Waals surface area contributed by atoms with E-state index < -0.39 is 0 Å². The van der Waals surface area contributed by atoms with Crippen LogP contribution in [-0.4, -0.2) is 47.9 Å². The fraction of sp³-hybridized carbons (Fsp3) is 0.588. The van der Waals surface area contributed by atoms with E-state index in [1.807, 2.05) is 4.90 Å². The van der Waals surface area contributed by atoms with Crippen molar-refractivity contribution in [1.82, 2.24) is 9.80 Å². The number of amides is 1. The maximum atomic E-state index is 13.0. The van der Waals surface area contributed by atoms with E-state index in [2.05, 4.69) is 18.7 Å². The van der Waals surface area contributed by atoms with Crippen molar-refractivity contribution in [1.29, 1.82) is 0 Å². The van der Waals surface area contributed by atoms with Crippen molar-refractivity contribution >= 4 is 5.91 Å². The maximum Gasteiger partial charge on any atom is 0.253 e. The number of rotatable bonds is 2. The number of hydrogen-bond acceptors (Lipinski definition) is 2. The summed E-state index contributed by atoms with van der Waals surface area (Å²) in [5, 5.41) is 0. The molecule has 1 aromatic rings. The summed E-state index contributed by atoms with van der Waals surface area (Å²) in [4.78, 5) is 17.0. The number of benzene rings is 1. The fourth-order valence-electron chi connectivity index (χ4n) is 3.68. The predicted octanol–water partition coefficient (Wildman–Crippen LogP) is 2.63. The smallest absolute Gasteiger partial charge is 0.253 e. The van der Waals surface area contributed by atoms with Gasteiger partial charge >= 0.3 is 0 Å². The zero-order valence-electron chi connectivity index (χ0n) is 12.8. The normalized spacial score (nSPS) is 26.2. The Balaban J connectivity index is 1.69. The SMILES string of the molecule is CC(C)N1C[C@H]2C[C@@H](CN(C(=O)c3ccc(F)cc3)C2)C1. The lowest BCUT2D eigenvalue weighted by molar-refractivity contribution is 0.0168. The van der Waals surface area contributed by atoms with Crippen LogP contribution >= 0.6 is 0 Å². The Kier molecular flexibility index (Phi) is 3.98. The third-order valence-electron chi connectivity index (χ3n) is 4.72. The highest BCUT2D eigenvalue weighted by Gasteiger charge is 2.36. The van der Waals surface area contributed by atoms with E-state index in [9.17, 15) is 9.18 Å². The minimum Gasteiger partial charge on any atom is -0.338 e. The number of carbonyl (C=O) groups excluding carboxylic acids is 1. The monoisotopic (exact) mass is 290 g/mol. The molecule has 0 radical (unpaired) electrons. The van der Waals surface area contributed by atoms with Gasteiger partial charge in [0.15, 0.2) is 0 Å². The lowest BCUT2D eigenvalue weighted by Gasteiger charge is -2.47. The van der Waals surface area contributed by atoms with Crippen molar-refractivity contribution in [2.75, 3.05) is 26.2 Å². The lowest BCUT2D eigenvalue weighted by atomic mass is 9.84. The van der Waals surface area contributed by atoms with Gasteiger partial charge in [-0.05, 0) is 56.4 Å². The molecule has 0 saturated carbocycles. The van der Waals surface area contributed by atoms with Crippen LogP contribution in [0, 0.1) is 17.7 Å². The Morgan fingerprint density at radius 3 is 2.19 bits per heavy atom. The zero-order chi connectivity index (χ0) is 15.0. The summed E-state index contributed by atoms with van der Waals surface area (Å²) in [7, 11) is 0. The van der Waals surface area contributed by atoms with Crippen molar-refractivity contribution in [3.05, 3.63) is 35.6 Å². The number of fused-ring (bicyclic) bond motifs is 2.